The summed E-state index contributed by atoms with van der Waals surface area (Å²) in [5.41, 5.74) is 0. The predicted molar refractivity (Wildman–Crippen MR) is 55.0 cm³/mol. The molecule has 1 aliphatic heterocycles. The summed E-state index contributed by atoms with van der Waals surface area (Å²) < 4.78 is 5.31. The molecule has 0 amide bonds. The Labute approximate surface area is 81.4 Å². The number of nitrogens with zero attached hydrogens (tertiary/aromatic N) is 1. The molecule has 0 radical (unpaired) electrons. The van der Waals surface area contributed by atoms with Crippen LogP contribution in [0.3, 0.4) is 0 Å². The lowest BCUT2D eigenvalue weighted by Crippen LogP contribution is -2.37. The highest BCUT2D eigenvalue weighted by Gasteiger charge is 2.24. The molecule has 0 aromatic heterocycles. The number of hydrogen-bond donors (Lipinski definition) is 1. The number of hydrogen-bond acceptors (Lipinski definition) is 3. The van der Waals surface area contributed by atoms with E-state index in [-0.39, 0.29) is 0 Å². The summed E-state index contributed by atoms with van der Waals surface area (Å²) in [5.74, 6) is 0. The van der Waals surface area contributed by atoms with Gasteiger partial charge in [-0.1, -0.05) is 13.8 Å². The molecule has 1 heterocycles. The fourth-order valence-electron chi connectivity index (χ4n) is 1.89. The summed E-state index contributed by atoms with van der Waals surface area (Å²) in [4.78, 5) is 2.45. The molecular formula is C10H22N2O. The first-order valence-electron chi connectivity index (χ1n) is 5.28. The van der Waals surface area contributed by atoms with Crippen LogP contribution in [0.25, 0.3) is 0 Å². The van der Waals surface area contributed by atoms with Crippen molar-refractivity contribution in [3.05, 3.63) is 0 Å². The molecule has 78 valence electrons. The van der Waals surface area contributed by atoms with E-state index in [1.165, 1.54) is 0 Å². The highest BCUT2D eigenvalue weighted by atomic mass is 16.5. The largest absolute Gasteiger partial charge is 0.380 e. The molecular weight excluding hydrogens is 164 g/mol. The molecule has 3 nitrogen and oxygen atoms in total. The molecule has 0 saturated carbocycles. The van der Waals surface area contributed by atoms with Gasteiger partial charge in [0.15, 0.2) is 0 Å². The molecule has 1 N–H and O–H groups in total. The second kappa shape index (κ2) is 5.58. The maximum atomic E-state index is 5.31. The van der Waals surface area contributed by atoms with Crippen LogP contribution in [-0.2, 0) is 4.74 Å². The maximum Gasteiger partial charge on any atom is 0.0711 e. The van der Waals surface area contributed by atoms with Crippen molar-refractivity contribution in [2.75, 3.05) is 33.3 Å². The molecule has 0 bridgehead atoms. The molecule has 1 rings (SSSR count). The van der Waals surface area contributed by atoms with Gasteiger partial charge in [-0.15, -0.1) is 0 Å². The Morgan fingerprint density at radius 2 is 2.08 bits per heavy atom. The lowest BCUT2D eigenvalue weighted by Gasteiger charge is -2.22. The first-order valence-corrected chi connectivity index (χ1v) is 5.28. The van der Waals surface area contributed by atoms with E-state index in [1.54, 1.807) is 7.11 Å². The topological polar surface area (TPSA) is 24.5 Å². The van der Waals surface area contributed by atoms with Gasteiger partial charge in [-0.05, 0) is 19.5 Å². The molecule has 2 atom stereocenters. The maximum absolute atomic E-state index is 5.31. The Morgan fingerprint density at radius 3 is 2.54 bits per heavy atom. The van der Waals surface area contributed by atoms with Gasteiger partial charge in [-0.2, -0.15) is 0 Å². The van der Waals surface area contributed by atoms with E-state index < -0.39 is 0 Å². The van der Waals surface area contributed by atoms with Crippen LogP contribution in [0.15, 0.2) is 0 Å². The zero-order valence-electron chi connectivity index (χ0n) is 9.05. The second-order valence-electron chi connectivity index (χ2n) is 3.68. The van der Waals surface area contributed by atoms with E-state index in [0.29, 0.717) is 12.1 Å². The molecule has 1 fully saturated rings. The Hall–Kier alpha value is -0.120. The molecule has 1 aliphatic rings. The third kappa shape index (κ3) is 3.25. The first-order chi connectivity index (χ1) is 6.30. The first kappa shape index (κ1) is 11.0. The highest BCUT2D eigenvalue weighted by Crippen LogP contribution is 2.10. The van der Waals surface area contributed by atoms with Crippen LogP contribution < -0.4 is 5.32 Å². The summed E-state index contributed by atoms with van der Waals surface area (Å²) in [6.45, 7) is 8.90. The zero-order chi connectivity index (χ0) is 9.68. The van der Waals surface area contributed by atoms with E-state index >= 15 is 0 Å². The molecule has 13 heavy (non-hydrogen) atoms. The summed E-state index contributed by atoms with van der Waals surface area (Å²) >= 11 is 0. The fraction of sp³-hybridized carbons (Fsp3) is 1.00. The molecule has 0 aliphatic carbocycles. The van der Waals surface area contributed by atoms with Gasteiger partial charge in [-0.25, -0.2) is 0 Å². The minimum atomic E-state index is 0.431. The third-order valence-corrected chi connectivity index (χ3v) is 2.89. The van der Waals surface area contributed by atoms with Gasteiger partial charge in [0.05, 0.1) is 6.10 Å². The molecule has 0 spiro atoms. The van der Waals surface area contributed by atoms with Gasteiger partial charge in [0.1, 0.15) is 0 Å². The van der Waals surface area contributed by atoms with E-state index in [1.807, 2.05) is 0 Å². The van der Waals surface area contributed by atoms with Crippen molar-refractivity contribution in [3.63, 3.8) is 0 Å². The molecule has 0 aromatic carbocycles. The Kier molecular flexibility index (Phi) is 4.70. The highest BCUT2D eigenvalue weighted by molar-refractivity contribution is 4.84. The van der Waals surface area contributed by atoms with Crippen molar-refractivity contribution in [3.8, 4) is 0 Å². The van der Waals surface area contributed by atoms with Crippen LogP contribution >= 0.6 is 0 Å². The third-order valence-electron chi connectivity index (χ3n) is 2.89. The lowest BCUT2D eigenvalue weighted by atomic mass is 10.2. The number of rotatable bonds is 5. The summed E-state index contributed by atoms with van der Waals surface area (Å²) in [6, 6.07) is 0.629. The zero-order valence-corrected chi connectivity index (χ0v) is 9.05. The monoisotopic (exact) mass is 186 g/mol. The average Bonchev–Trinajstić information content (AvgIpc) is 2.61. The quantitative estimate of drug-likeness (QED) is 0.684. The van der Waals surface area contributed by atoms with Crippen molar-refractivity contribution in [2.45, 2.75) is 32.4 Å². The van der Waals surface area contributed by atoms with Crippen LogP contribution in [0.2, 0.25) is 0 Å². The minimum Gasteiger partial charge on any atom is -0.380 e. The van der Waals surface area contributed by atoms with Crippen LogP contribution in [0.5, 0.6) is 0 Å². The lowest BCUT2D eigenvalue weighted by molar-refractivity contribution is 0.116. The second-order valence-corrected chi connectivity index (χ2v) is 3.68. The Bertz CT molecular complexity index is 137. The normalized spacial score (nSPS) is 28.6. The smallest absolute Gasteiger partial charge is 0.0711 e. The fourth-order valence-corrected chi connectivity index (χ4v) is 1.89. The van der Waals surface area contributed by atoms with E-state index in [0.717, 1.165) is 32.6 Å². The minimum absolute atomic E-state index is 0.431. The molecule has 0 unspecified atom stereocenters. The van der Waals surface area contributed by atoms with E-state index in [9.17, 15) is 0 Å². The van der Waals surface area contributed by atoms with Crippen LogP contribution in [0, 0.1) is 0 Å². The van der Waals surface area contributed by atoms with Crippen molar-refractivity contribution in [1.29, 1.82) is 0 Å². The molecule has 3 heteroatoms. The predicted octanol–water partition coefficient (Wildman–Crippen LogP) is 0.705. The van der Waals surface area contributed by atoms with Gasteiger partial charge < -0.3 is 15.0 Å². The summed E-state index contributed by atoms with van der Waals surface area (Å²) in [7, 11) is 1.80. The Morgan fingerprint density at radius 1 is 1.38 bits per heavy atom. The number of nitrogens with one attached hydrogen (secondary N) is 1. The van der Waals surface area contributed by atoms with Crippen molar-refractivity contribution in [1.82, 2.24) is 10.2 Å². The summed E-state index contributed by atoms with van der Waals surface area (Å²) in [6.07, 6.45) is 1.59. The van der Waals surface area contributed by atoms with Crippen molar-refractivity contribution >= 4 is 0 Å². The molecule has 0 aromatic rings. The van der Waals surface area contributed by atoms with Crippen molar-refractivity contribution in [2.24, 2.45) is 0 Å². The van der Waals surface area contributed by atoms with Crippen LogP contribution in [0.1, 0.15) is 20.3 Å². The van der Waals surface area contributed by atoms with Gasteiger partial charge in [0.25, 0.3) is 0 Å². The average molecular weight is 186 g/mol. The van der Waals surface area contributed by atoms with E-state index in [4.69, 9.17) is 4.74 Å². The standard InChI is InChI=1S/C10H22N2O/c1-4-12(5-2)8-9-6-10(13-3)7-11-9/h9-11H,4-8H2,1-3H3/t9-,10-/m0/s1. The number of methoxy groups -OCH3 is 1. The Balaban J connectivity index is 2.22. The van der Waals surface area contributed by atoms with Gasteiger partial charge in [-0.3, -0.25) is 0 Å². The van der Waals surface area contributed by atoms with E-state index in [2.05, 4.69) is 24.1 Å². The van der Waals surface area contributed by atoms with Crippen LogP contribution in [-0.4, -0.2) is 50.3 Å². The van der Waals surface area contributed by atoms with Crippen molar-refractivity contribution < 1.29 is 4.74 Å². The van der Waals surface area contributed by atoms with Gasteiger partial charge >= 0.3 is 0 Å². The number of likely N-dealkylation sites (N-methyl/N-ethyl adjacent to an activating group) is 1. The van der Waals surface area contributed by atoms with Crippen LogP contribution in [0.4, 0.5) is 0 Å². The van der Waals surface area contributed by atoms with Gasteiger partial charge in [0.2, 0.25) is 0 Å². The van der Waals surface area contributed by atoms with Gasteiger partial charge in [0, 0.05) is 26.2 Å². The number of ether oxygens (including phenoxy) is 1. The SMILES string of the molecule is CCN(CC)C[C@@H]1C[C@H](OC)CN1. The molecule has 1 saturated heterocycles. The summed E-state index contributed by atoms with van der Waals surface area (Å²) in [5, 5.41) is 3.49.